The van der Waals surface area contributed by atoms with E-state index in [0.717, 1.165) is 29.2 Å². The largest absolute Gasteiger partial charge is 0.484 e. The first-order valence-corrected chi connectivity index (χ1v) is 10.5. The van der Waals surface area contributed by atoms with Crippen LogP contribution in [0.25, 0.3) is 0 Å². The van der Waals surface area contributed by atoms with Crippen LogP contribution in [0.5, 0.6) is 5.75 Å². The molecule has 0 aromatic heterocycles. The van der Waals surface area contributed by atoms with E-state index in [2.05, 4.69) is 16.3 Å². The van der Waals surface area contributed by atoms with E-state index in [4.69, 9.17) is 16.3 Å². The van der Waals surface area contributed by atoms with Gasteiger partial charge in [0.05, 0.1) is 6.04 Å². The first kappa shape index (κ1) is 23.5. The topological polar surface area (TPSA) is 41.6 Å². The van der Waals surface area contributed by atoms with Crippen LogP contribution in [-0.2, 0) is 4.79 Å². The number of nitrogens with one attached hydrogen (secondary N) is 1. The van der Waals surface area contributed by atoms with Crippen LogP contribution in [-0.4, -0.2) is 37.0 Å². The highest BCUT2D eigenvalue weighted by molar-refractivity contribution is 6.31. The van der Waals surface area contributed by atoms with Crippen molar-refractivity contribution in [2.75, 3.05) is 26.2 Å². The third-order valence-electron chi connectivity index (χ3n) is 5.23. The smallest absolute Gasteiger partial charge is 0.258 e. The highest BCUT2D eigenvalue weighted by Gasteiger charge is 2.24. The number of rotatable bonds is 7. The van der Waals surface area contributed by atoms with E-state index in [1.165, 1.54) is 25.7 Å². The van der Waals surface area contributed by atoms with Gasteiger partial charge in [-0.05, 0) is 56.6 Å². The lowest BCUT2D eigenvalue weighted by Gasteiger charge is -2.31. The van der Waals surface area contributed by atoms with Gasteiger partial charge in [0.2, 0.25) is 0 Å². The van der Waals surface area contributed by atoms with E-state index >= 15 is 0 Å². The Balaban J connectivity index is 0.00000300. The second-order valence-corrected chi connectivity index (χ2v) is 7.80. The molecule has 0 aliphatic carbocycles. The number of carbonyl (C=O) groups excluding carboxylic acids is 1. The Morgan fingerprint density at radius 2 is 1.72 bits per heavy atom. The zero-order valence-electron chi connectivity index (χ0n) is 16.9. The Hall–Kier alpha value is -1.75. The van der Waals surface area contributed by atoms with Crippen molar-refractivity contribution in [2.24, 2.45) is 0 Å². The highest BCUT2D eigenvalue weighted by Crippen LogP contribution is 2.29. The van der Waals surface area contributed by atoms with Gasteiger partial charge in [-0.15, -0.1) is 12.4 Å². The van der Waals surface area contributed by atoms with Crippen molar-refractivity contribution in [3.63, 3.8) is 0 Å². The van der Waals surface area contributed by atoms with Crippen LogP contribution in [0.15, 0.2) is 48.5 Å². The number of hydrogen-bond acceptors (Lipinski definition) is 3. The van der Waals surface area contributed by atoms with E-state index in [0.29, 0.717) is 12.3 Å². The minimum atomic E-state index is -0.118. The van der Waals surface area contributed by atoms with Crippen LogP contribution < -0.4 is 10.1 Å². The van der Waals surface area contributed by atoms with Crippen LogP contribution in [0.1, 0.15) is 42.9 Å². The number of benzene rings is 2. The number of amides is 1. The molecule has 6 heteroatoms. The molecule has 2 aromatic rings. The zero-order valence-corrected chi connectivity index (χ0v) is 18.5. The molecule has 1 atom stereocenters. The molecule has 1 fully saturated rings. The second-order valence-electron chi connectivity index (χ2n) is 7.39. The molecule has 29 heavy (non-hydrogen) atoms. The molecule has 1 saturated heterocycles. The summed E-state index contributed by atoms with van der Waals surface area (Å²) in [5, 5.41) is 3.80. The maximum atomic E-state index is 12.4. The van der Waals surface area contributed by atoms with Gasteiger partial charge in [-0.3, -0.25) is 9.69 Å². The quantitative estimate of drug-likeness (QED) is 0.649. The second kappa shape index (κ2) is 12.1. The number of hydrogen-bond donors (Lipinski definition) is 1. The summed E-state index contributed by atoms with van der Waals surface area (Å²) in [6.45, 7) is 4.63. The summed E-state index contributed by atoms with van der Waals surface area (Å²) in [4.78, 5) is 14.8. The molecule has 0 saturated carbocycles. The molecule has 1 heterocycles. The number of aryl methyl sites for hydroxylation is 1. The van der Waals surface area contributed by atoms with Crippen molar-refractivity contribution in [3.8, 4) is 5.75 Å². The Morgan fingerprint density at radius 1 is 1.07 bits per heavy atom. The zero-order chi connectivity index (χ0) is 19.8. The number of nitrogens with zero attached hydrogens (tertiary/aromatic N) is 1. The predicted molar refractivity (Wildman–Crippen MR) is 121 cm³/mol. The van der Waals surface area contributed by atoms with E-state index in [-0.39, 0.29) is 31.0 Å². The fraction of sp³-hybridized carbons (Fsp3) is 0.435. The minimum Gasteiger partial charge on any atom is -0.484 e. The Morgan fingerprint density at radius 3 is 2.38 bits per heavy atom. The average Bonchev–Trinajstić information content (AvgIpc) is 2.98. The molecule has 2 aromatic carbocycles. The van der Waals surface area contributed by atoms with Crippen LogP contribution in [0.3, 0.4) is 0 Å². The van der Waals surface area contributed by atoms with E-state index in [1.54, 1.807) is 0 Å². The molecular formula is C23H30Cl2N2O2. The summed E-state index contributed by atoms with van der Waals surface area (Å²) in [7, 11) is 0. The first-order chi connectivity index (χ1) is 13.6. The van der Waals surface area contributed by atoms with Crippen molar-refractivity contribution in [3.05, 3.63) is 64.7 Å². The lowest BCUT2D eigenvalue weighted by atomic mass is 10.0. The summed E-state index contributed by atoms with van der Waals surface area (Å²) in [5.74, 6) is 0.586. The monoisotopic (exact) mass is 436 g/mol. The molecule has 1 N–H and O–H groups in total. The normalized spacial score (nSPS) is 15.7. The molecule has 1 unspecified atom stereocenters. The minimum absolute atomic E-state index is 0. The third-order valence-corrected chi connectivity index (χ3v) is 5.57. The van der Waals surface area contributed by atoms with Gasteiger partial charge in [-0.2, -0.15) is 0 Å². The average molecular weight is 437 g/mol. The van der Waals surface area contributed by atoms with Gasteiger partial charge in [0, 0.05) is 11.6 Å². The number of carbonyl (C=O) groups is 1. The summed E-state index contributed by atoms with van der Waals surface area (Å²) in [6, 6.07) is 15.7. The van der Waals surface area contributed by atoms with Gasteiger partial charge >= 0.3 is 0 Å². The molecular weight excluding hydrogens is 407 g/mol. The van der Waals surface area contributed by atoms with Gasteiger partial charge < -0.3 is 10.1 Å². The molecule has 0 radical (unpaired) electrons. The van der Waals surface area contributed by atoms with Crippen LogP contribution in [0.4, 0.5) is 0 Å². The lowest BCUT2D eigenvalue weighted by molar-refractivity contribution is -0.123. The van der Waals surface area contributed by atoms with E-state index in [1.807, 2.05) is 49.4 Å². The van der Waals surface area contributed by atoms with Gasteiger partial charge in [-0.1, -0.05) is 60.3 Å². The maximum absolute atomic E-state index is 12.4. The molecule has 4 nitrogen and oxygen atoms in total. The van der Waals surface area contributed by atoms with Crippen molar-refractivity contribution < 1.29 is 9.53 Å². The van der Waals surface area contributed by atoms with Crippen LogP contribution in [0.2, 0.25) is 5.02 Å². The summed E-state index contributed by atoms with van der Waals surface area (Å²) in [5.41, 5.74) is 2.24. The Kier molecular flexibility index (Phi) is 9.79. The SMILES string of the molecule is Cc1ccc(OCC(=O)NCC(c2ccccc2Cl)N2CCCCCC2)cc1.Cl. The van der Waals surface area contributed by atoms with Crippen molar-refractivity contribution in [2.45, 2.75) is 38.6 Å². The molecule has 1 aliphatic heterocycles. The van der Waals surface area contributed by atoms with Gasteiger partial charge in [0.25, 0.3) is 5.91 Å². The number of likely N-dealkylation sites (tertiary alicyclic amines) is 1. The molecule has 158 valence electrons. The standard InChI is InChI=1S/C23H29ClN2O2.ClH/c1-18-10-12-19(13-11-18)28-17-23(27)25-16-22(20-8-4-5-9-21(20)24)26-14-6-2-3-7-15-26;/h4-5,8-13,22H,2-3,6-7,14-17H2,1H3,(H,25,27);1H. The van der Waals surface area contributed by atoms with Crippen LogP contribution in [0, 0.1) is 6.92 Å². The Bertz CT molecular complexity index is 760. The fourth-order valence-electron chi connectivity index (χ4n) is 3.63. The van der Waals surface area contributed by atoms with Crippen molar-refractivity contribution >= 4 is 29.9 Å². The van der Waals surface area contributed by atoms with Crippen molar-refractivity contribution in [1.82, 2.24) is 10.2 Å². The van der Waals surface area contributed by atoms with Gasteiger partial charge in [0.15, 0.2) is 6.61 Å². The van der Waals surface area contributed by atoms with Crippen LogP contribution >= 0.6 is 24.0 Å². The van der Waals surface area contributed by atoms with Crippen molar-refractivity contribution in [1.29, 1.82) is 0 Å². The highest BCUT2D eigenvalue weighted by atomic mass is 35.5. The lowest BCUT2D eigenvalue weighted by Crippen LogP contribution is -2.40. The molecule has 1 amide bonds. The predicted octanol–water partition coefficient (Wildman–Crippen LogP) is 5.18. The summed E-state index contributed by atoms with van der Waals surface area (Å²) in [6.07, 6.45) is 4.90. The van der Waals surface area contributed by atoms with Gasteiger partial charge in [-0.25, -0.2) is 0 Å². The first-order valence-electron chi connectivity index (χ1n) is 10.1. The molecule has 0 spiro atoms. The molecule has 1 aliphatic rings. The Labute approximate surface area is 185 Å². The molecule has 0 bridgehead atoms. The van der Waals surface area contributed by atoms with E-state index < -0.39 is 0 Å². The number of ether oxygens (including phenoxy) is 1. The molecule has 3 rings (SSSR count). The fourth-order valence-corrected chi connectivity index (χ4v) is 3.89. The summed E-state index contributed by atoms with van der Waals surface area (Å²) < 4.78 is 5.60. The number of halogens is 2. The van der Waals surface area contributed by atoms with E-state index in [9.17, 15) is 4.79 Å². The van der Waals surface area contributed by atoms with Gasteiger partial charge in [0.1, 0.15) is 5.75 Å². The third kappa shape index (κ3) is 7.22. The maximum Gasteiger partial charge on any atom is 0.258 e. The summed E-state index contributed by atoms with van der Waals surface area (Å²) >= 11 is 6.48.